The van der Waals surface area contributed by atoms with Crippen LogP contribution < -0.4 is 0 Å². The van der Waals surface area contributed by atoms with Crippen molar-refractivity contribution in [3.8, 4) is 11.5 Å². The molecule has 0 amide bonds. The molecule has 0 saturated carbocycles. The van der Waals surface area contributed by atoms with Crippen LogP contribution in [-0.4, -0.2) is 21.5 Å². The highest BCUT2D eigenvalue weighted by Crippen LogP contribution is 2.40. The summed E-state index contributed by atoms with van der Waals surface area (Å²) in [5.41, 5.74) is 0. The lowest BCUT2D eigenvalue weighted by molar-refractivity contribution is 0.399. The van der Waals surface area contributed by atoms with E-state index in [0.29, 0.717) is 10.3 Å². The second-order valence-corrected chi connectivity index (χ2v) is 3.72. The Hall–Kier alpha value is -1.42. The molecule has 14 heavy (non-hydrogen) atoms. The lowest BCUT2D eigenvalue weighted by Gasteiger charge is -2.06. The van der Waals surface area contributed by atoms with Crippen molar-refractivity contribution in [1.82, 2.24) is 4.98 Å². The van der Waals surface area contributed by atoms with E-state index in [1.807, 2.05) is 12.3 Å². The SMILES string of the molecule is CSc1cc2cnccc2c(O)c1O. The van der Waals surface area contributed by atoms with E-state index in [0.717, 1.165) is 5.39 Å². The quantitative estimate of drug-likeness (QED) is 0.556. The van der Waals surface area contributed by atoms with E-state index in [2.05, 4.69) is 4.98 Å². The molecule has 0 atom stereocenters. The van der Waals surface area contributed by atoms with Gasteiger partial charge < -0.3 is 10.2 Å². The molecule has 1 heterocycles. The lowest BCUT2D eigenvalue weighted by Crippen LogP contribution is -1.80. The monoisotopic (exact) mass is 207 g/mol. The predicted molar refractivity (Wildman–Crippen MR) is 56.9 cm³/mol. The second kappa shape index (κ2) is 3.38. The van der Waals surface area contributed by atoms with Gasteiger partial charge in [0.1, 0.15) is 0 Å². The largest absolute Gasteiger partial charge is 0.504 e. The number of nitrogens with zero attached hydrogens (tertiary/aromatic N) is 1. The third-order valence-electron chi connectivity index (χ3n) is 2.07. The molecule has 0 unspecified atom stereocenters. The highest BCUT2D eigenvalue weighted by Gasteiger charge is 2.10. The minimum absolute atomic E-state index is 0.0591. The molecule has 1 aromatic carbocycles. The van der Waals surface area contributed by atoms with Crippen LogP contribution in [0.25, 0.3) is 10.8 Å². The summed E-state index contributed by atoms with van der Waals surface area (Å²) in [6.45, 7) is 0. The molecular formula is C10H9NO2S. The Labute approximate surface area is 85.4 Å². The van der Waals surface area contributed by atoms with Gasteiger partial charge in [-0.3, -0.25) is 4.98 Å². The van der Waals surface area contributed by atoms with Gasteiger partial charge in [-0.15, -0.1) is 11.8 Å². The van der Waals surface area contributed by atoms with Gasteiger partial charge in [-0.2, -0.15) is 0 Å². The molecule has 4 heteroatoms. The van der Waals surface area contributed by atoms with Crippen LogP contribution in [0, 0.1) is 0 Å². The Morgan fingerprint density at radius 2 is 2.07 bits per heavy atom. The first-order chi connectivity index (χ1) is 6.74. The van der Waals surface area contributed by atoms with Crippen molar-refractivity contribution in [2.45, 2.75) is 4.90 Å². The first kappa shape index (κ1) is 9.15. The van der Waals surface area contributed by atoms with Crippen LogP contribution in [0.15, 0.2) is 29.4 Å². The number of phenols is 2. The topological polar surface area (TPSA) is 53.4 Å². The third kappa shape index (κ3) is 1.28. The molecular weight excluding hydrogens is 198 g/mol. The van der Waals surface area contributed by atoms with E-state index in [1.165, 1.54) is 11.8 Å². The number of phenolic OH excluding ortho intramolecular Hbond substituents is 2. The Morgan fingerprint density at radius 1 is 1.29 bits per heavy atom. The maximum Gasteiger partial charge on any atom is 0.172 e. The van der Waals surface area contributed by atoms with Crippen LogP contribution in [0.5, 0.6) is 11.5 Å². The molecule has 0 radical (unpaired) electrons. The first-order valence-corrected chi connectivity index (χ1v) is 5.29. The molecule has 0 spiro atoms. The van der Waals surface area contributed by atoms with Crippen molar-refractivity contribution in [3.63, 3.8) is 0 Å². The van der Waals surface area contributed by atoms with Gasteiger partial charge in [-0.05, 0) is 18.4 Å². The highest BCUT2D eigenvalue weighted by atomic mass is 32.2. The lowest BCUT2D eigenvalue weighted by atomic mass is 10.1. The van der Waals surface area contributed by atoms with Gasteiger partial charge in [-0.25, -0.2) is 0 Å². The summed E-state index contributed by atoms with van der Waals surface area (Å²) in [6.07, 6.45) is 5.09. The zero-order valence-electron chi connectivity index (χ0n) is 7.56. The van der Waals surface area contributed by atoms with Crippen LogP contribution >= 0.6 is 11.8 Å². The van der Waals surface area contributed by atoms with E-state index in [1.54, 1.807) is 18.5 Å². The van der Waals surface area contributed by atoms with Gasteiger partial charge in [0.05, 0.1) is 4.90 Å². The molecule has 1 aromatic heterocycles. The summed E-state index contributed by atoms with van der Waals surface area (Å²) >= 11 is 1.39. The maximum absolute atomic E-state index is 9.68. The fourth-order valence-electron chi connectivity index (χ4n) is 1.35. The molecule has 0 bridgehead atoms. The molecule has 0 fully saturated rings. The number of fused-ring (bicyclic) bond motifs is 1. The van der Waals surface area contributed by atoms with Crippen LogP contribution in [0.4, 0.5) is 0 Å². The number of rotatable bonds is 1. The minimum Gasteiger partial charge on any atom is -0.504 e. The maximum atomic E-state index is 9.68. The van der Waals surface area contributed by atoms with Crippen molar-refractivity contribution < 1.29 is 10.2 Å². The molecule has 0 aliphatic heterocycles. The van der Waals surface area contributed by atoms with Crippen LogP contribution in [0.2, 0.25) is 0 Å². The van der Waals surface area contributed by atoms with Gasteiger partial charge in [0.25, 0.3) is 0 Å². The fourth-order valence-corrected chi connectivity index (χ4v) is 1.88. The van der Waals surface area contributed by atoms with Gasteiger partial charge in [0.2, 0.25) is 0 Å². The van der Waals surface area contributed by atoms with Crippen LogP contribution in [0.1, 0.15) is 0 Å². The molecule has 0 aliphatic rings. The fraction of sp³-hybridized carbons (Fsp3) is 0.100. The molecule has 3 nitrogen and oxygen atoms in total. The second-order valence-electron chi connectivity index (χ2n) is 2.87. The Balaban J connectivity index is 2.85. The Bertz CT molecular complexity index is 485. The van der Waals surface area contributed by atoms with E-state index in [-0.39, 0.29) is 11.5 Å². The highest BCUT2D eigenvalue weighted by molar-refractivity contribution is 7.98. The smallest absolute Gasteiger partial charge is 0.172 e. The van der Waals surface area contributed by atoms with E-state index < -0.39 is 0 Å². The molecule has 0 saturated heterocycles. The molecule has 2 rings (SSSR count). The zero-order valence-corrected chi connectivity index (χ0v) is 8.38. The van der Waals surface area contributed by atoms with E-state index in [9.17, 15) is 10.2 Å². The summed E-state index contributed by atoms with van der Waals surface area (Å²) in [6, 6.07) is 3.48. The third-order valence-corrected chi connectivity index (χ3v) is 2.82. The average Bonchev–Trinajstić information content (AvgIpc) is 2.23. The van der Waals surface area contributed by atoms with Crippen molar-refractivity contribution in [3.05, 3.63) is 24.5 Å². The first-order valence-electron chi connectivity index (χ1n) is 4.06. The van der Waals surface area contributed by atoms with Crippen molar-refractivity contribution >= 4 is 22.5 Å². The molecule has 0 aliphatic carbocycles. The molecule has 2 aromatic rings. The predicted octanol–water partition coefficient (Wildman–Crippen LogP) is 2.37. The average molecular weight is 207 g/mol. The molecule has 2 N–H and O–H groups in total. The Kier molecular flexibility index (Phi) is 2.21. The van der Waals surface area contributed by atoms with Gasteiger partial charge in [-0.1, -0.05) is 0 Å². The number of hydrogen-bond donors (Lipinski definition) is 2. The van der Waals surface area contributed by atoms with E-state index >= 15 is 0 Å². The van der Waals surface area contributed by atoms with Crippen molar-refractivity contribution in [2.75, 3.05) is 6.26 Å². The van der Waals surface area contributed by atoms with Gasteiger partial charge >= 0.3 is 0 Å². The summed E-state index contributed by atoms with van der Waals surface area (Å²) in [5.74, 6) is -0.134. The van der Waals surface area contributed by atoms with Crippen LogP contribution in [0.3, 0.4) is 0 Å². The number of hydrogen-bond acceptors (Lipinski definition) is 4. The standard InChI is InChI=1S/C10H9NO2S/c1-14-8-4-6-5-11-3-2-7(6)9(12)10(8)13/h2-5,12-13H,1H3. The van der Waals surface area contributed by atoms with Gasteiger partial charge in [0.15, 0.2) is 11.5 Å². The number of thioether (sulfide) groups is 1. The van der Waals surface area contributed by atoms with E-state index in [4.69, 9.17) is 0 Å². The number of benzene rings is 1. The Morgan fingerprint density at radius 3 is 2.79 bits per heavy atom. The number of aromatic nitrogens is 1. The number of pyridine rings is 1. The summed E-state index contributed by atoms with van der Waals surface area (Å²) < 4.78 is 0. The van der Waals surface area contributed by atoms with Crippen molar-refractivity contribution in [1.29, 1.82) is 0 Å². The van der Waals surface area contributed by atoms with Crippen LogP contribution in [-0.2, 0) is 0 Å². The summed E-state index contributed by atoms with van der Waals surface area (Å²) in [4.78, 5) is 4.61. The number of aromatic hydroxyl groups is 2. The minimum atomic E-state index is -0.0748. The van der Waals surface area contributed by atoms with Gasteiger partial charge in [0, 0.05) is 23.2 Å². The zero-order chi connectivity index (χ0) is 10.1. The summed E-state index contributed by atoms with van der Waals surface area (Å²) in [5, 5.41) is 20.7. The normalized spacial score (nSPS) is 10.6. The molecule has 72 valence electrons. The van der Waals surface area contributed by atoms with Crippen molar-refractivity contribution in [2.24, 2.45) is 0 Å². The summed E-state index contributed by atoms with van der Waals surface area (Å²) in [7, 11) is 0.